The Hall–Kier alpha value is -2.89. The lowest BCUT2D eigenvalue weighted by Crippen LogP contribution is -2.16. The van der Waals surface area contributed by atoms with Gasteiger partial charge in [0.05, 0.1) is 5.69 Å². The fourth-order valence-corrected chi connectivity index (χ4v) is 4.67. The molecule has 4 heteroatoms. The summed E-state index contributed by atoms with van der Waals surface area (Å²) in [4.78, 5) is 15.0. The van der Waals surface area contributed by atoms with E-state index in [2.05, 4.69) is 79.4 Å². The van der Waals surface area contributed by atoms with Crippen LogP contribution in [0.15, 0.2) is 29.3 Å². The Morgan fingerprint density at radius 2 is 1.44 bits per heavy atom. The Labute approximate surface area is 206 Å². The molecule has 4 nitrogen and oxygen atoms in total. The molecule has 2 aromatic carbocycles. The van der Waals surface area contributed by atoms with Gasteiger partial charge < -0.3 is 4.74 Å². The summed E-state index contributed by atoms with van der Waals surface area (Å²) in [6.45, 7) is 19.3. The van der Waals surface area contributed by atoms with Crippen LogP contribution in [0.4, 0.5) is 5.69 Å². The lowest BCUT2D eigenvalue weighted by atomic mass is 9.80. The molecule has 34 heavy (non-hydrogen) atoms. The Kier molecular flexibility index (Phi) is 8.87. The standard InChI is InChI=1S/C30H40N2O2/c1-10-11-22(14-23-16-25(29(4,5)6)27(32-19-33)12-20(23)2)15-24-17-26(30(7,8)9)28(34-18-31)13-21(24)3/h12-13,16-17,22H,10-11,14-15H2,1-9H3. The van der Waals surface area contributed by atoms with Gasteiger partial charge in [0.2, 0.25) is 6.08 Å². The van der Waals surface area contributed by atoms with Crippen molar-refractivity contribution in [3.63, 3.8) is 0 Å². The number of nitriles is 1. The van der Waals surface area contributed by atoms with Gasteiger partial charge in [0.15, 0.2) is 0 Å². The number of isocyanates is 1. The summed E-state index contributed by atoms with van der Waals surface area (Å²) in [6, 6.07) is 8.52. The maximum absolute atomic E-state index is 11.0. The van der Waals surface area contributed by atoms with Crippen LogP contribution in [-0.2, 0) is 28.5 Å². The Balaban J connectivity index is 2.48. The van der Waals surface area contributed by atoms with E-state index in [-0.39, 0.29) is 10.8 Å². The third-order valence-electron chi connectivity index (χ3n) is 6.54. The number of benzene rings is 2. The highest BCUT2D eigenvalue weighted by atomic mass is 16.5. The van der Waals surface area contributed by atoms with Gasteiger partial charge in [-0.25, -0.2) is 4.79 Å². The monoisotopic (exact) mass is 460 g/mol. The molecule has 0 radical (unpaired) electrons. The van der Waals surface area contributed by atoms with Crippen molar-refractivity contribution in [2.24, 2.45) is 10.9 Å². The molecule has 0 N–H and O–H groups in total. The molecule has 0 aliphatic heterocycles. The molecular formula is C30H40N2O2. The van der Waals surface area contributed by atoms with Crippen LogP contribution < -0.4 is 4.74 Å². The second-order valence-corrected chi connectivity index (χ2v) is 11.5. The van der Waals surface area contributed by atoms with E-state index in [0.717, 1.165) is 53.6 Å². The fraction of sp³-hybridized carbons (Fsp3) is 0.533. The zero-order chi connectivity index (χ0) is 25.7. The molecule has 182 valence electrons. The number of hydrogen-bond acceptors (Lipinski definition) is 4. The van der Waals surface area contributed by atoms with Gasteiger partial charge in [0.25, 0.3) is 6.26 Å². The quantitative estimate of drug-likeness (QED) is 0.228. The zero-order valence-corrected chi connectivity index (χ0v) is 22.4. The highest BCUT2D eigenvalue weighted by molar-refractivity contribution is 5.59. The third-order valence-corrected chi connectivity index (χ3v) is 6.54. The molecule has 0 aliphatic rings. The first-order valence-corrected chi connectivity index (χ1v) is 12.2. The van der Waals surface area contributed by atoms with Gasteiger partial charge in [-0.05, 0) is 83.4 Å². The summed E-state index contributed by atoms with van der Waals surface area (Å²) >= 11 is 0. The first-order valence-electron chi connectivity index (χ1n) is 12.2. The van der Waals surface area contributed by atoms with Crippen LogP contribution >= 0.6 is 0 Å². The summed E-state index contributed by atoms with van der Waals surface area (Å²) in [5.74, 6) is 1.13. The van der Waals surface area contributed by atoms with E-state index in [4.69, 9.17) is 10.00 Å². The van der Waals surface area contributed by atoms with E-state index in [1.54, 1.807) is 6.08 Å². The lowest BCUT2D eigenvalue weighted by Gasteiger charge is -2.26. The smallest absolute Gasteiger partial charge is 0.292 e. The molecule has 2 rings (SSSR count). The summed E-state index contributed by atoms with van der Waals surface area (Å²) in [5, 5.41) is 9.11. The van der Waals surface area contributed by atoms with E-state index >= 15 is 0 Å². The van der Waals surface area contributed by atoms with Gasteiger partial charge in [-0.1, -0.05) is 73.4 Å². The van der Waals surface area contributed by atoms with Crippen molar-refractivity contribution in [1.29, 1.82) is 5.26 Å². The van der Waals surface area contributed by atoms with Crippen LogP contribution in [0.2, 0.25) is 0 Å². The maximum Gasteiger partial charge on any atom is 0.292 e. The predicted molar refractivity (Wildman–Crippen MR) is 140 cm³/mol. The molecule has 2 aromatic rings. The van der Waals surface area contributed by atoms with Gasteiger partial charge in [0.1, 0.15) is 5.75 Å². The number of aliphatic imine (C=N–C) groups is 1. The molecule has 0 spiro atoms. The average Bonchev–Trinajstić information content (AvgIpc) is 2.70. The molecule has 0 bridgehead atoms. The number of aryl methyl sites for hydroxylation is 2. The molecule has 0 amide bonds. The van der Waals surface area contributed by atoms with Crippen molar-refractivity contribution in [2.75, 3.05) is 0 Å². The van der Waals surface area contributed by atoms with E-state index in [9.17, 15) is 4.79 Å². The average molecular weight is 461 g/mol. The largest absolute Gasteiger partial charge is 0.388 e. The van der Waals surface area contributed by atoms with Crippen molar-refractivity contribution in [3.05, 3.63) is 57.6 Å². The van der Waals surface area contributed by atoms with E-state index in [0.29, 0.717) is 11.7 Å². The van der Waals surface area contributed by atoms with Gasteiger partial charge in [0, 0.05) is 5.56 Å². The molecule has 0 aromatic heterocycles. The number of ether oxygens (including phenoxy) is 1. The van der Waals surface area contributed by atoms with Crippen molar-refractivity contribution in [3.8, 4) is 12.0 Å². The minimum Gasteiger partial charge on any atom is -0.388 e. The molecule has 0 aliphatic carbocycles. The first-order chi connectivity index (χ1) is 15.8. The van der Waals surface area contributed by atoms with Crippen LogP contribution in [0.1, 0.15) is 94.7 Å². The Bertz CT molecular complexity index is 1100. The number of rotatable bonds is 8. The predicted octanol–water partition coefficient (Wildman–Crippen LogP) is 7.93. The van der Waals surface area contributed by atoms with Gasteiger partial charge in [-0.2, -0.15) is 4.99 Å². The van der Waals surface area contributed by atoms with Crippen molar-refractivity contribution in [1.82, 2.24) is 0 Å². The second kappa shape index (κ2) is 11.0. The summed E-state index contributed by atoms with van der Waals surface area (Å²) in [7, 11) is 0. The summed E-state index contributed by atoms with van der Waals surface area (Å²) in [5.41, 5.74) is 7.55. The highest BCUT2D eigenvalue weighted by Crippen LogP contribution is 2.37. The minimum absolute atomic E-state index is 0.118. The maximum atomic E-state index is 11.0. The lowest BCUT2D eigenvalue weighted by molar-refractivity contribution is 0.461. The van der Waals surface area contributed by atoms with E-state index < -0.39 is 0 Å². The SMILES string of the molecule is CCCC(Cc1cc(C(C)(C)C)c(N=C=O)cc1C)Cc1cc(C(C)(C)C)c(OC#N)cc1C. The van der Waals surface area contributed by atoms with Gasteiger partial charge >= 0.3 is 0 Å². The summed E-state index contributed by atoms with van der Waals surface area (Å²) in [6.07, 6.45) is 7.73. The van der Waals surface area contributed by atoms with Crippen LogP contribution in [0.5, 0.6) is 5.75 Å². The molecular weight excluding hydrogens is 420 g/mol. The normalized spacial score (nSPS) is 12.6. The van der Waals surface area contributed by atoms with Gasteiger partial charge in [-0.15, -0.1) is 5.26 Å². The number of hydrogen-bond donors (Lipinski definition) is 0. The number of carbonyl (C=O) groups excluding carboxylic acids is 1. The number of nitrogens with zero attached hydrogens (tertiary/aromatic N) is 2. The van der Waals surface area contributed by atoms with E-state index in [1.165, 1.54) is 11.1 Å². The first kappa shape index (κ1) is 27.4. The fourth-order valence-electron chi connectivity index (χ4n) is 4.67. The van der Waals surface area contributed by atoms with Crippen LogP contribution in [0, 0.1) is 31.3 Å². The van der Waals surface area contributed by atoms with Crippen LogP contribution in [0.25, 0.3) is 0 Å². The highest BCUT2D eigenvalue weighted by Gasteiger charge is 2.24. The Morgan fingerprint density at radius 1 is 0.912 bits per heavy atom. The molecule has 0 heterocycles. The molecule has 0 saturated heterocycles. The summed E-state index contributed by atoms with van der Waals surface area (Å²) < 4.78 is 5.31. The van der Waals surface area contributed by atoms with Crippen LogP contribution in [-0.4, -0.2) is 6.08 Å². The Morgan fingerprint density at radius 3 is 1.91 bits per heavy atom. The van der Waals surface area contributed by atoms with Crippen molar-refractivity contribution < 1.29 is 9.53 Å². The molecule has 1 unspecified atom stereocenters. The minimum atomic E-state index is -0.123. The molecule has 0 saturated carbocycles. The second-order valence-electron chi connectivity index (χ2n) is 11.5. The zero-order valence-electron chi connectivity index (χ0n) is 22.4. The molecule has 0 fully saturated rings. The van der Waals surface area contributed by atoms with Gasteiger partial charge in [-0.3, -0.25) is 0 Å². The third kappa shape index (κ3) is 6.81. The van der Waals surface area contributed by atoms with Crippen LogP contribution in [0.3, 0.4) is 0 Å². The van der Waals surface area contributed by atoms with Crippen molar-refractivity contribution >= 4 is 11.8 Å². The molecule has 1 atom stereocenters. The van der Waals surface area contributed by atoms with Crippen molar-refractivity contribution in [2.45, 2.75) is 98.8 Å². The van der Waals surface area contributed by atoms with E-state index in [1.807, 2.05) is 18.4 Å². The topological polar surface area (TPSA) is 62.4 Å².